The van der Waals surface area contributed by atoms with E-state index in [1.165, 1.54) is 12.3 Å². The van der Waals surface area contributed by atoms with E-state index in [-0.39, 0.29) is 5.82 Å². The maximum atomic E-state index is 12.8. The molecule has 2 heterocycles. The number of halogens is 1. The van der Waals surface area contributed by atoms with Crippen LogP contribution in [0.4, 0.5) is 4.39 Å². The predicted molar refractivity (Wildman–Crippen MR) is 54.9 cm³/mol. The molecule has 1 N–H and O–H groups in total. The molecule has 3 nitrogen and oxygen atoms in total. The van der Waals surface area contributed by atoms with Gasteiger partial charge < -0.3 is 10.1 Å². The fourth-order valence-electron chi connectivity index (χ4n) is 1.74. The lowest BCUT2D eigenvalue weighted by Crippen LogP contribution is -2.25. The molecule has 4 heteroatoms. The second kappa shape index (κ2) is 5.19. The number of nitrogens with zero attached hydrogens (tertiary/aromatic N) is 1. The third-order valence-corrected chi connectivity index (χ3v) is 2.49. The van der Waals surface area contributed by atoms with Gasteiger partial charge in [-0.2, -0.15) is 0 Å². The topological polar surface area (TPSA) is 34.2 Å². The third kappa shape index (κ3) is 3.25. The molecule has 0 bridgehead atoms. The van der Waals surface area contributed by atoms with E-state index in [1.54, 1.807) is 6.20 Å². The largest absolute Gasteiger partial charge is 0.377 e. The smallest absolute Gasteiger partial charge is 0.141 e. The number of aromatic nitrogens is 1. The zero-order valence-corrected chi connectivity index (χ0v) is 8.58. The molecule has 82 valence electrons. The van der Waals surface area contributed by atoms with Crippen LogP contribution in [0, 0.1) is 5.82 Å². The van der Waals surface area contributed by atoms with Crippen molar-refractivity contribution in [2.45, 2.75) is 25.5 Å². The maximum absolute atomic E-state index is 12.8. The van der Waals surface area contributed by atoms with Crippen LogP contribution in [0.5, 0.6) is 0 Å². The standard InChI is InChI=1S/C11H15FN2O/c12-10-4-9(5-13-7-10)6-14-8-11-2-1-3-15-11/h4-5,7,11,14H,1-3,6,8H2. The molecule has 0 aliphatic carbocycles. The van der Waals surface area contributed by atoms with Gasteiger partial charge in [-0.05, 0) is 24.5 Å². The van der Waals surface area contributed by atoms with Gasteiger partial charge in [-0.15, -0.1) is 0 Å². The lowest BCUT2D eigenvalue weighted by atomic mass is 10.2. The highest BCUT2D eigenvalue weighted by Crippen LogP contribution is 2.10. The van der Waals surface area contributed by atoms with E-state index in [2.05, 4.69) is 10.3 Å². The number of hydrogen-bond donors (Lipinski definition) is 1. The average Bonchev–Trinajstić information content (AvgIpc) is 2.71. The number of hydrogen-bond acceptors (Lipinski definition) is 3. The zero-order chi connectivity index (χ0) is 10.5. The minimum absolute atomic E-state index is 0.286. The Morgan fingerprint density at radius 2 is 2.47 bits per heavy atom. The first-order valence-electron chi connectivity index (χ1n) is 5.26. The molecular formula is C11H15FN2O. The molecule has 0 spiro atoms. The Kier molecular flexibility index (Phi) is 3.64. The van der Waals surface area contributed by atoms with Crippen molar-refractivity contribution in [3.8, 4) is 0 Å². The summed E-state index contributed by atoms with van der Waals surface area (Å²) in [6, 6.07) is 1.50. The van der Waals surface area contributed by atoms with E-state index in [9.17, 15) is 4.39 Å². The molecule has 1 atom stereocenters. The highest BCUT2D eigenvalue weighted by molar-refractivity contribution is 5.09. The molecule has 1 fully saturated rings. The van der Waals surface area contributed by atoms with Crippen molar-refractivity contribution in [2.75, 3.05) is 13.2 Å². The molecule has 0 radical (unpaired) electrons. The quantitative estimate of drug-likeness (QED) is 0.817. The normalized spacial score (nSPS) is 20.7. The predicted octanol–water partition coefficient (Wildman–Crippen LogP) is 1.49. The van der Waals surface area contributed by atoms with E-state index < -0.39 is 0 Å². The van der Waals surface area contributed by atoms with Gasteiger partial charge in [-0.3, -0.25) is 4.98 Å². The SMILES string of the molecule is Fc1cncc(CNCC2CCCO2)c1. The second-order valence-electron chi connectivity index (χ2n) is 3.78. The Bertz CT molecular complexity index is 313. The second-order valence-corrected chi connectivity index (χ2v) is 3.78. The summed E-state index contributed by atoms with van der Waals surface area (Å²) in [5.74, 6) is -0.286. The molecule has 1 aliphatic rings. The number of pyridine rings is 1. The Balaban J connectivity index is 1.73. The van der Waals surface area contributed by atoms with Gasteiger partial charge in [0, 0.05) is 25.9 Å². The van der Waals surface area contributed by atoms with Crippen LogP contribution in [0.1, 0.15) is 18.4 Å². The van der Waals surface area contributed by atoms with Gasteiger partial charge in [-0.25, -0.2) is 4.39 Å². The molecule has 1 aliphatic heterocycles. The number of rotatable bonds is 4. The van der Waals surface area contributed by atoms with Crippen LogP contribution in [-0.2, 0) is 11.3 Å². The van der Waals surface area contributed by atoms with Crippen molar-refractivity contribution in [3.63, 3.8) is 0 Å². The van der Waals surface area contributed by atoms with Crippen molar-refractivity contribution in [3.05, 3.63) is 29.8 Å². The van der Waals surface area contributed by atoms with Gasteiger partial charge in [0.2, 0.25) is 0 Å². The molecule has 1 aromatic rings. The van der Waals surface area contributed by atoms with Crippen LogP contribution >= 0.6 is 0 Å². The van der Waals surface area contributed by atoms with Crippen LogP contribution in [0.2, 0.25) is 0 Å². The lowest BCUT2D eigenvalue weighted by molar-refractivity contribution is 0.110. The van der Waals surface area contributed by atoms with Gasteiger partial charge in [0.05, 0.1) is 12.3 Å². The Morgan fingerprint density at radius 1 is 1.53 bits per heavy atom. The minimum atomic E-state index is -0.286. The van der Waals surface area contributed by atoms with Gasteiger partial charge in [0.25, 0.3) is 0 Å². The summed E-state index contributed by atoms with van der Waals surface area (Å²) >= 11 is 0. The summed E-state index contributed by atoms with van der Waals surface area (Å²) in [7, 11) is 0. The lowest BCUT2D eigenvalue weighted by Gasteiger charge is -2.10. The minimum Gasteiger partial charge on any atom is -0.377 e. The van der Waals surface area contributed by atoms with E-state index >= 15 is 0 Å². The van der Waals surface area contributed by atoms with Gasteiger partial charge in [0.15, 0.2) is 0 Å². The molecule has 0 amide bonds. The van der Waals surface area contributed by atoms with Crippen molar-refractivity contribution < 1.29 is 9.13 Å². The van der Waals surface area contributed by atoms with E-state index in [1.807, 2.05) is 0 Å². The van der Waals surface area contributed by atoms with Crippen LogP contribution in [-0.4, -0.2) is 24.2 Å². The fraction of sp³-hybridized carbons (Fsp3) is 0.545. The molecule has 2 rings (SSSR count). The Labute approximate surface area is 88.7 Å². The highest BCUT2D eigenvalue weighted by Gasteiger charge is 2.14. The molecule has 0 aromatic carbocycles. The van der Waals surface area contributed by atoms with Crippen LogP contribution < -0.4 is 5.32 Å². The first kappa shape index (κ1) is 10.5. The maximum Gasteiger partial charge on any atom is 0.141 e. The number of ether oxygens (including phenoxy) is 1. The summed E-state index contributed by atoms with van der Waals surface area (Å²) in [5.41, 5.74) is 0.869. The summed E-state index contributed by atoms with van der Waals surface area (Å²) in [5, 5.41) is 3.24. The zero-order valence-electron chi connectivity index (χ0n) is 8.58. The molecular weight excluding hydrogens is 195 g/mol. The van der Waals surface area contributed by atoms with Crippen molar-refractivity contribution in [1.29, 1.82) is 0 Å². The average molecular weight is 210 g/mol. The van der Waals surface area contributed by atoms with Crippen LogP contribution in [0.25, 0.3) is 0 Å². The Morgan fingerprint density at radius 3 is 3.20 bits per heavy atom. The Hall–Kier alpha value is -1.00. The van der Waals surface area contributed by atoms with Crippen LogP contribution in [0.3, 0.4) is 0 Å². The molecule has 1 saturated heterocycles. The molecule has 0 saturated carbocycles. The van der Waals surface area contributed by atoms with Crippen molar-refractivity contribution >= 4 is 0 Å². The summed E-state index contributed by atoms with van der Waals surface area (Å²) < 4.78 is 18.2. The third-order valence-electron chi connectivity index (χ3n) is 2.49. The highest BCUT2D eigenvalue weighted by atomic mass is 19.1. The van der Waals surface area contributed by atoms with Crippen molar-refractivity contribution in [2.24, 2.45) is 0 Å². The number of nitrogens with one attached hydrogen (secondary N) is 1. The van der Waals surface area contributed by atoms with Gasteiger partial charge in [0.1, 0.15) is 5.82 Å². The monoisotopic (exact) mass is 210 g/mol. The first-order valence-corrected chi connectivity index (χ1v) is 5.26. The summed E-state index contributed by atoms with van der Waals surface area (Å²) in [6.45, 7) is 2.34. The van der Waals surface area contributed by atoms with E-state index in [0.29, 0.717) is 12.6 Å². The van der Waals surface area contributed by atoms with Crippen molar-refractivity contribution in [1.82, 2.24) is 10.3 Å². The fourth-order valence-corrected chi connectivity index (χ4v) is 1.74. The van der Waals surface area contributed by atoms with Gasteiger partial charge in [-0.1, -0.05) is 0 Å². The summed E-state index contributed by atoms with van der Waals surface area (Å²) in [4.78, 5) is 3.79. The molecule has 1 aromatic heterocycles. The van der Waals surface area contributed by atoms with E-state index in [4.69, 9.17) is 4.74 Å². The van der Waals surface area contributed by atoms with E-state index in [0.717, 1.165) is 31.6 Å². The molecule has 1 unspecified atom stereocenters. The summed E-state index contributed by atoms with van der Waals surface area (Å²) in [6.07, 6.45) is 5.48. The first-order chi connectivity index (χ1) is 7.34. The van der Waals surface area contributed by atoms with Gasteiger partial charge >= 0.3 is 0 Å². The molecule has 15 heavy (non-hydrogen) atoms. The van der Waals surface area contributed by atoms with Crippen LogP contribution in [0.15, 0.2) is 18.5 Å².